The molecule has 1 fully saturated rings. The van der Waals surface area contributed by atoms with Crippen LogP contribution in [0.25, 0.3) is 10.9 Å². The van der Waals surface area contributed by atoms with Gasteiger partial charge in [0.15, 0.2) is 0 Å². The Morgan fingerprint density at radius 2 is 2.17 bits per heavy atom. The van der Waals surface area contributed by atoms with Crippen molar-refractivity contribution >= 4 is 10.9 Å². The first-order valence-corrected chi connectivity index (χ1v) is 5.87. The standard InChI is InChI=1S/C14H12N2O2/c15-8-10-7-13(14-9-17-5-6-18-14)16-12-4-2-1-3-11(10)12/h1-4,7,14H,5-6,9H2. The van der Waals surface area contributed by atoms with Crippen LogP contribution < -0.4 is 0 Å². The van der Waals surface area contributed by atoms with Crippen molar-refractivity contribution in [2.75, 3.05) is 19.8 Å². The third-order valence-corrected chi connectivity index (χ3v) is 3.00. The molecule has 0 amide bonds. The molecule has 2 heterocycles. The molecule has 4 nitrogen and oxygen atoms in total. The van der Waals surface area contributed by atoms with Crippen LogP contribution in [-0.4, -0.2) is 24.8 Å². The molecule has 1 aliphatic rings. The van der Waals surface area contributed by atoms with Gasteiger partial charge in [-0.05, 0) is 12.1 Å². The van der Waals surface area contributed by atoms with E-state index in [1.807, 2.05) is 24.3 Å². The molecule has 0 bridgehead atoms. The first-order valence-electron chi connectivity index (χ1n) is 5.87. The van der Waals surface area contributed by atoms with Crippen LogP contribution in [0, 0.1) is 11.3 Å². The van der Waals surface area contributed by atoms with Crippen molar-refractivity contribution in [3.05, 3.63) is 41.6 Å². The SMILES string of the molecule is N#Cc1cc(C2COCCO2)nc2ccccc12. The summed E-state index contributed by atoms with van der Waals surface area (Å²) in [7, 11) is 0. The predicted molar refractivity (Wildman–Crippen MR) is 66.0 cm³/mol. The Morgan fingerprint density at radius 1 is 1.28 bits per heavy atom. The third-order valence-electron chi connectivity index (χ3n) is 3.00. The Hall–Kier alpha value is -1.96. The summed E-state index contributed by atoms with van der Waals surface area (Å²) in [6.07, 6.45) is -0.171. The van der Waals surface area contributed by atoms with E-state index in [1.165, 1.54) is 0 Å². The molecular weight excluding hydrogens is 228 g/mol. The second kappa shape index (κ2) is 4.73. The van der Waals surface area contributed by atoms with Crippen molar-refractivity contribution in [3.8, 4) is 6.07 Å². The van der Waals surface area contributed by atoms with Gasteiger partial charge in [0.25, 0.3) is 0 Å². The highest BCUT2D eigenvalue weighted by atomic mass is 16.6. The maximum Gasteiger partial charge on any atom is 0.123 e. The molecule has 1 atom stereocenters. The summed E-state index contributed by atoms with van der Waals surface area (Å²) in [4.78, 5) is 4.55. The van der Waals surface area contributed by atoms with Gasteiger partial charge in [0.2, 0.25) is 0 Å². The number of para-hydroxylation sites is 1. The molecule has 2 aromatic rings. The van der Waals surface area contributed by atoms with Crippen LogP contribution in [0.5, 0.6) is 0 Å². The average Bonchev–Trinajstić information content (AvgIpc) is 2.47. The van der Waals surface area contributed by atoms with Crippen LogP contribution in [0.2, 0.25) is 0 Å². The molecule has 0 radical (unpaired) electrons. The van der Waals surface area contributed by atoms with Gasteiger partial charge in [-0.2, -0.15) is 5.26 Å². The monoisotopic (exact) mass is 240 g/mol. The van der Waals surface area contributed by atoms with Crippen LogP contribution >= 0.6 is 0 Å². The van der Waals surface area contributed by atoms with Gasteiger partial charge in [0.05, 0.1) is 42.7 Å². The van der Waals surface area contributed by atoms with E-state index in [0.29, 0.717) is 25.4 Å². The molecule has 3 rings (SSSR count). The first kappa shape index (κ1) is 11.1. The Kier molecular flexibility index (Phi) is 2.93. The van der Waals surface area contributed by atoms with Gasteiger partial charge < -0.3 is 9.47 Å². The highest BCUT2D eigenvalue weighted by Gasteiger charge is 2.19. The smallest absolute Gasteiger partial charge is 0.123 e. The zero-order valence-corrected chi connectivity index (χ0v) is 9.80. The normalized spacial score (nSPS) is 19.6. The molecule has 90 valence electrons. The third kappa shape index (κ3) is 1.94. The van der Waals surface area contributed by atoms with E-state index in [2.05, 4.69) is 11.1 Å². The maximum atomic E-state index is 9.21. The maximum absolute atomic E-state index is 9.21. The van der Waals surface area contributed by atoms with Crippen molar-refractivity contribution in [2.24, 2.45) is 0 Å². The van der Waals surface area contributed by atoms with Crippen molar-refractivity contribution in [2.45, 2.75) is 6.10 Å². The van der Waals surface area contributed by atoms with Crippen molar-refractivity contribution in [1.82, 2.24) is 4.98 Å². The molecule has 1 unspecified atom stereocenters. The highest BCUT2D eigenvalue weighted by molar-refractivity contribution is 5.84. The molecule has 0 saturated carbocycles. The van der Waals surface area contributed by atoms with Crippen LogP contribution in [0.4, 0.5) is 0 Å². The molecule has 1 aromatic carbocycles. The topological polar surface area (TPSA) is 55.1 Å². The average molecular weight is 240 g/mol. The molecule has 4 heteroatoms. The zero-order chi connectivity index (χ0) is 12.4. The summed E-state index contributed by atoms with van der Waals surface area (Å²) in [5.41, 5.74) is 2.22. The van der Waals surface area contributed by atoms with Gasteiger partial charge in [-0.3, -0.25) is 0 Å². The summed E-state index contributed by atoms with van der Waals surface area (Å²) < 4.78 is 11.0. The second-order valence-corrected chi connectivity index (χ2v) is 4.16. The number of nitrogens with zero attached hydrogens (tertiary/aromatic N) is 2. The molecule has 1 aromatic heterocycles. The Labute approximate surface area is 105 Å². The largest absolute Gasteiger partial charge is 0.376 e. The number of benzene rings is 1. The van der Waals surface area contributed by atoms with E-state index in [-0.39, 0.29) is 6.10 Å². The highest BCUT2D eigenvalue weighted by Crippen LogP contribution is 2.24. The van der Waals surface area contributed by atoms with Crippen molar-refractivity contribution in [1.29, 1.82) is 5.26 Å². The van der Waals surface area contributed by atoms with Gasteiger partial charge in [-0.15, -0.1) is 0 Å². The summed E-state index contributed by atoms with van der Waals surface area (Å²) in [5, 5.41) is 10.1. The summed E-state index contributed by atoms with van der Waals surface area (Å²) in [6.45, 7) is 1.69. The lowest BCUT2D eigenvalue weighted by atomic mass is 10.1. The van der Waals surface area contributed by atoms with E-state index in [0.717, 1.165) is 16.6 Å². The number of pyridine rings is 1. The number of nitriles is 1. The van der Waals surface area contributed by atoms with Gasteiger partial charge in [0.1, 0.15) is 6.10 Å². The Morgan fingerprint density at radius 3 is 2.94 bits per heavy atom. The Bertz CT molecular complexity index is 613. The summed E-state index contributed by atoms with van der Waals surface area (Å²) in [5.74, 6) is 0. The van der Waals surface area contributed by atoms with E-state index in [4.69, 9.17) is 9.47 Å². The fourth-order valence-electron chi connectivity index (χ4n) is 2.11. The summed E-state index contributed by atoms with van der Waals surface area (Å²) in [6, 6.07) is 11.6. The number of hydrogen-bond acceptors (Lipinski definition) is 4. The van der Waals surface area contributed by atoms with Crippen LogP contribution in [-0.2, 0) is 9.47 Å². The molecule has 1 saturated heterocycles. The number of fused-ring (bicyclic) bond motifs is 1. The van der Waals surface area contributed by atoms with E-state index in [1.54, 1.807) is 6.07 Å². The minimum atomic E-state index is -0.171. The molecular formula is C14H12N2O2. The molecule has 0 N–H and O–H groups in total. The quantitative estimate of drug-likeness (QED) is 0.766. The fourth-order valence-corrected chi connectivity index (χ4v) is 2.11. The molecule has 1 aliphatic heterocycles. The van der Waals surface area contributed by atoms with E-state index < -0.39 is 0 Å². The van der Waals surface area contributed by atoms with E-state index in [9.17, 15) is 5.26 Å². The van der Waals surface area contributed by atoms with Crippen molar-refractivity contribution in [3.63, 3.8) is 0 Å². The van der Waals surface area contributed by atoms with Gasteiger partial charge in [-0.1, -0.05) is 18.2 Å². The lowest BCUT2D eigenvalue weighted by Gasteiger charge is -2.22. The van der Waals surface area contributed by atoms with Crippen LogP contribution in [0.3, 0.4) is 0 Å². The lowest BCUT2D eigenvalue weighted by molar-refractivity contribution is -0.0916. The number of hydrogen-bond donors (Lipinski definition) is 0. The predicted octanol–water partition coefficient (Wildman–Crippen LogP) is 2.19. The number of ether oxygens (including phenoxy) is 2. The van der Waals surface area contributed by atoms with Gasteiger partial charge >= 0.3 is 0 Å². The first-order chi connectivity index (χ1) is 8.88. The fraction of sp³-hybridized carbons (Fsp3) is 0.286. The molecule has 18 heavy (non-hydrogen) atoms. The summed E-state index contributed by atoms with van der Waals surface area (Å²) >= 11 is 0. The molecule has 0 aliphatic carbocycles. The number of aromatic nitrogens is 1. The Balaban J connectivity index is 2.10. The van der Waals surface area contributed by atoms with E-state index >= 15 is 0 Å². The second-order valence-electron chi connectivity index (χ2n) is 4.16. The number of rotatable bonds is 1. The van der Waals surface area contributed by atoms with Crippen LogP contribution in [0.1, 0.15) is 17.4 Å². The van der Waals surface area contributed by atoms with Crippen molar-refractivity contribution < 1.29 is 9.47 Å². The minimum Gasteiger partial charge on any atom is -0.376 e. The lowest BCUT2D eigenvalue weighted by Crippen LogP contribution is -2.22. The molecule has 0 spiro atoms. The van der Waals surface area contributed by atoms with Crippen LogP contribution in [0.15, 0.2) is 30.3 Å². The minimum absolute atomic E-state index is 0.171. The van der Waals surface area contributed by atoms with Gasteiger partial charge in [-0.25, -0.2) is 4.98 Å². The zero-order valence-electron chi connectivity index (χ0n) is 9.80. The van der Waals surface area contributed by atoms with Gasteiger partial charge in [0, 0.05) is 5.39 Å².